The molecular formula is C33H36ClFN4O4. The second kappa shape index (κ2) is 14.2. The first kappa shape index (κ1) is 29.4. The zero-order valence-corrected chi connectivity index (χ0v) is 24.8. The molecule has 1 unspecified atom stereocenters. The van der Waals surface area contributed by atoms with Gasteiger partial charge >= 0.3 is 0 Å². The lowest BCUT2D eigenvalue weighted by molar-refractivity contribution is 0.142. The number of hydrogen-bond donors (Lipinski definition) is 1. The van der Waals surface area contributed by atoms with Crippen molar-refractivity contribution >= 4 is 34.0 Å². The molecule has 0 radical (unpaired) electrons. The zero-order valence-electron chi connectivity index (χ0n) is 24.1. The van der Waals surface area contributed by atoms with Crippen molar-refractivity contribution in [3.05, 3.63) is 77.3 Å². The minimum absolute atomic E-state index is 0.0606. The SMILES string of the molecule is Fc1cccc(COc2ccc(Nc3ncnc4cc(OCCCN5CCCCC5)cc(OC5CCOC5)c34)cc2Cl)c1. The third kappa shape index (κ3) is 7.84. The van der Waals surface area contributed by atoms with Gasteiger partial charge in [-0.1, -0.05) is 30.2 Å². The molecule has 2 saturated heterocycles. The van der Waals surface area contributed by atoms with E-state index in [1.807, 2.05) is 18.2 Å². The molecule has 1 N–H and O–H groups in total. The van der Waals surface area contributed by atoms with Crippen LogP contribution in [0.15, 0.2) is 60.9 Å². The first-order valence-corrected chi connectivity index (χ1v) is 15.3. The van der Waals surface area contributed by atoms with Crippen LogP contribution in [0.5, 0.6) is 17.2 Å². The molecule has 1 atom stereocenters. The predicted molar refractivity (Wildman–Crippen MR) is 165 cm³/mol. The molecule has 0 spiro atoms. The van der Waals surface area contributed by atoms with E-state index in [9.17, 15) is 4.39 Å². The van der Waals surface area contributed by atoms with E-state index in [1.165, 1.54) is 50.8 Å². The molecule has 3 heterocycles. The van der Waals surface area contributed by atoms with Crippen LogP contribution in [0, 0.1) is 5.82 Å². The lowest BCUT2D eigenvalue weighted by Crippen LogP contribution is -2.31. The van der Waals surface area contributed by atoms with Crippen molar-refractivity contribution in [2.75, 3.05) is 44.8 Å². The number of ether oxygens (including phenoxy) is 4. The molecule has 2 fully saturated rings. The highest BCUT2D eigenvalue weighted by atomic mass is 35.5. The molecule has 6 rings (SSSR count). The second-order valence-corrected chi connectivity index (χ2v) is 11.3. The monoisotopic (exact) mass is 606 g/mol. The number of rotatable bonds is 12. The fourth-order valence-corrected chi connectivity index (χ4v) is 5.70. The van der Waals surface area contributed by atoms with Gasteiger partial charge in [0.05, 0.1) is 35.7 Å². The number of anilines is 2. The largest absolute Gasteiger partial charge is 0.493 e. The molecule has 3 aromatic carbocycles. The van der Waals surface area contributed by atoms with Gasteiger partial charge < -0.3 is 29.2 Å². The molecule has 0 saturated carbocycles. The summed E-state index contributed by atoms with van der Waals surface area (Å²) in [6.07, 6.45) is 7.14. The molecule has 8 nitrogen and oxygen atoms in total. The van der Waals surface area contributed by atoms with E-state index in [-0.39, 0.29) is 18.5 Å². The van der Waals surface area contributed by atoms with Crippen molar-refractivity contribution in [3.8, 4) is 17.2 Å². The molecule has 43 heavy (non-hydrogen) atoms. The summed E-state index contributed by atoms with van der Waals surface area (Å²) in [5.41, 5.74) is 2.15. The van der Waals surface area contributed by atoms with Crippen LogP contribution < -0.4 is 19.5 Å². The van der Waals surface area contributed by atoms with Crippen LogP contribution in [0.25, 0.3) is 10.9 Å². The van der Waals surface area contributed by atoms with Crippen LogP contribution in [0.2, 0.25) is 5.02 Å². The van der Waals surface area contributed by atoms with E-state index in [2.05, 4.69) is 20.2 Å². The van der Waals surface area contributed by atoms with Crippen molar-refractivity contribution in [2.24, 2.45) is 0 Å². The van der Waals surface area contributed by atoms with Crippen molar-refractivity contribution in [2.45, 2.75) is 44.8 Å². The number of likely N-dealkylation sites (tertiary alicyclic amines) is 1. The minimum Gasteiger partial charge on any atom is -0.493 e. The van der Waals surface area contributed by atoms with Gasteiger partial charge in [0.1, 0.15) is 47.9 Å². The van der Waals surface area contributed by atoms with E-state index in [0.29, 0.717) is 53.4 Å². The average molecular weight is 607 g/mol. The minimum atomic E-state index is -0.306. The smallest absolute Gasteiger partial charge is 0.145 e. The molecule has 1 aromatic heterocycles. The van der Waals surface area contributed by atoms with Crippen molar-refractivity contribution in [1.82, 2.24) is 14.9 Å². The van der Waals surface area contributed by atoms with Crippen LogP contribution in [0.4, 0.5) is 15.9 Å². The predicted octanol–water partition coefficient (Wildman–Crippen LogP) is 7.17. The quantitative estimate of drug-likeness (QED) is 0.170. The highest BCUT2D eigenvalue weighted by Crippen LogP contribution is 2.38. The Labute approximate surface area is 256 Å². The summed E-state index contributed by atoms with van der Waals surface area (Å²) < 4.78 is 37.5. The summed E-state index contributed by atoms with van der Waals surface area (Å²) in [6.45, 7) is 5.43. The number of hydrogen-bond acceptors (Lipinski definition) is 8. The maximum Gasteiger partial charge on any atom is 0.145 e. The number of benzene rings is 3. The van der Waals surface area contributed by atoms with Crippen LogP contribution in [0.3, 0.4) is 0 Å². The van der Waals surface area contributed by atoms with Gasteiger partial charge in [0, 0.05) is 30.8 Å². The lowest BCUT2D eigenvalue weighted by atomic mass is 10.1. The Bertz CT molecular complexity index is 1530. The van der Waals surface area contributed by atoms with Gasteiger partial charge in [-0.05, 0) is 68.2 Å². The standard InChI is InChI=1S/C33H36ClFN4O4/c34-28-17-25(8-9-30(28)42-20-23-6-4-7-24(35)16-23)38-33-32-29(36-22-37-33)18-27(19-31(32)43-26-10-15-40-21-26)41-14-5-13-39-11-2-1-3-12-39/h4,6-9,16-19,22,26H,1-3,5,10-15,20-21H2,(H,36,37,38). The van der Waals surface area contributed by atoms with Gasteiger partial charge in [0.2, 0.25) is 0 Å². The molecule has 4 aromatic rings. The summed E-state index contributed by atoms with van der Waals surface area (Å²) in [6, 6.07) is 15.5. The summed E-state index contributed by atoms with van der Waals surface area (Å²) >= 11 is 6.56. The van der Waals surface area contributed by atoms with Gasteiger partial charge in [-0.15, -0.1) is 0 Å². The number of piperidine rings is 1. The molecule has 0 bridgehead atoms. The maximum atomic E-state index is 13.5. The fraction of sp³-hybridized carbons (Fsp3) is 0.394. The fourth-order valence-electron chi connectivity index (χ4n) is 5.47. The first-order chi connectivity index (χ1) is 21.1. The third-order valence-electron chi connectivity index (χ3n) is 7.67. The molecule has 10 heteroatoms. The van der Waals surface area contributed by atoms with Crippen LogP contribution in [-0.4, -0.2) is 60.4 Å². The Morgan fingerprint density at radius 2 is 1.91 bits per heavy atom. The molecule has 0 aliphatic carbocycles. The van der Waals surface area contributed by atoms with Crippen LogP contribution in [-0.2, 0) is 11.3 Å². The van der Waals surface area contributed by atoms with Crippen LogP contribution in [0.1, 0.15) is 37.7 Å². The molecule has 226 valence electrons. The van der Waals surface area contributed by atoms with Gasteiger partial charge in [-0.2, -0.15) is 0 Å². The van der Waals surface area contributed by atoms with Gasteiger partial charge in [0.15, 0.2) is 0 Å². The Balaban J connectivity index is 1.18. The number of fused-ring (bicyclic) bond motifs is 1. The topological polar surface area (TPSA) is 78.0 Å². The van der Waals surface area contributed by atoms with Gasteiger partial charge in [-0.25, -0.2) is 14.4 Å². The number of halogens is 2. The average Bonchev–Trinajstić information content (AvgIpc) is 3.53. The molecule has 2 aliphatic heterocycles. The molecule has 2 aliphatic rings. The van der Waals surface area contributed by atoms with Crippen molar-refractivity contribution in [3.63, 3.8) is 0 Å². The van der Waals surface area contributed by atoms with Gasteiger partial charge in [0.25, 0.3) is 0 Å². The Kier molecular flexibility index (Phi) is 9.72. The van der Waals surface area contributed by atoms with E-state index >= 15 is 0 Å². The summed E-state index contributed by atoms with van der Waals surface area (Å²) in [4.78, 5) is 11.6. The number of nitrogens with one attached hydrogen (secondary N) is 1. The highest BCUT2D eigenvalue weighted by Gasteiger charge is 2.21. The second-order valence-electron chi connectivity index (χ2n) is 10.9. The summed E-state index contributed by atoms with van der Waals surface area (Å²) in [7, 11) is 0. The summed E-state index contributed by atoms with van der Waals surface area (Å²) in [5, 5.41) is 4.54. The maximum absolute atomic E-state index is 13.5. The Morgan fingerprint density at radius 3 is 2.72 bits per heavy atom. The lowest BCUT2D eigenvalue weighted by Gasteiger charge is -2.26. The van der Waals surface area contributed by atoms with E-state index in [4.69, 9.17) is 30.5 Å². The van der Waals surface area contributed by atoms with Gasteiger partial charge in [-0.3, -0.25) is 0 Å². The van der Waals surface area contributed by atoms with Crippen molar-refractivity contribution in [1.29, 1.82) is 0 Å². The number of nitrogens with zero attached hydrogens (tertiary/aromatic N) is 3. The van der Waals surface area contributed by atoms with E-state index < -0.39 is 0 Å². The zero-order chi connectivity index (χ0) is 29.4. The number of aromatic nitrogens is 2. The highest BCUT2D eigenvalue weighted by molar-refractivity contribution is 6.32. The van der Waals surface area contributed by atoms with E-state index in [1.54, 1.807) is 24.3 Å². The molecular weight excluding hydrogens is 571 g/mol. The molecule has 0 amide bonds. The Morgan fingerprint density at radius 1 is 1.00 bits per heavy atom. The van der Waals surface area contributed by atoms with Crippen molar-refractivity contribution < 1.29 is 23.3 Å². The Hall–Kier alpha value is -3.66. The first-order valence-electron chi connectivity index (χ1n) is 14.9. The third-order valence-corrected chi connectivity index (χ3v) is 7.97. The normalized spacial score (nSPS) is 17.2. The van der Waals surface area contributed by atoms with Crippen LogP contribution >= 0.6 is 11.6 Å². The van der Waals surface area contributed by atoms with E-state index in [0.717, 1.165) is 36.0 Å². The summed E-state index contributed by atoms with van der Waals surface area (Å²) in [5.74, 6) is 2.13.